The lowest BCUT2D eigenvalue weighted by molar-refractivity contribution is 0.580. The Morgan fingerprint density at radius 3 is 2.09 bits per heavy atom. The maximum absolute atomic E-state index is 12.7. The van der Waals surface area contributed by atoms with E-state index in [2.05, 4.69) is 30.5 Å². The minimum absolute atomic E-state index is 0.199. The van der Waals surface area contributed by atoms with Crippen LogP contribution in [-0.2, 0) is 0 Å². The Balaban J connectivity index is 1.86. The molecule has 0 aliphatic heterocycles. The van der Waals surface area contributed by atoms with Crippen molar-refractivity contribution in [1.82, 2.24) is 0 Å². The van der Waals surface area contributed by atoms with Gasteiger partial charge in [-0.05, 0) is 55.0 Å². The molecule has 0 unspecified atom stereocenters. The molecule has 0 spiro atoms. The van der Waals surface area contributed by atoms with Crippen molar-refractivity contribution in [3.8, 4) is 11.8 Å². The third-order valence-electron chi connectivity index (χ3n) is 3.77. The number of benzene rings is 1. The van der Waals surface area contributed by atoms with Gasteiger partial charge in [0.25, 0.3) is 0 Å². The summed E-state index contributed by atoms with van der Waals surface area (Å²) in [7, 11) is 0. The van der Waals surface area contributed by atoms with Gasteiger partial charge in [-0.1, -0.05) is 57.3 Å². The molecule has 0 amide bonds. The average Bonchev–Trinajstić information content (AvgIpc) is 2.57. The van der Waals surface area contributed by atoms with Crippen molar-refractivity contribution >= 4 is 11.8 Å². The second kappa shape index (κ2) is 14.6. The summed E-state index contributed by atoms with van der Waals surface area (Å²) in [6.07, 6.45) is 13.0. The predicted octanol–water partition coefficient (Wildman–Crippen LogP) is 6.83. The van der Waals surface area contributed by atoms with E-state index in [1.165, 1.54) is 81.4 Å². The second-order valence-corrected chi connectivity index (χ2v) is 7.22. The molecule has 0 atom stereocenters. The Morgan fingerprint density at radius 1 is 0.826 bits per heavy atom. The number of hydrogen-bond acceptors (Lipinski definition) is 1. The van der Waals surface area contributed by atoms with Crippen molar-refractivity contribution in [3.05, 3.63) is 35.6 Å². The van der Waals surface area contributed by atoms with Gasteiger partial charge in [0.2, 0.25) is 0 Å². The van der Waals surface area contributed by atoms with Gasteiger partial charge in [0.15, 0.2) is 0 Å². The van der Waals surface area contributed by atoms with E-state index in [1.54, 1.807) is 12.1 Å². The van der Waals surface area contributed by atoms with Crippen LogP contribution in [-0.4, -0.2) is 11.5 Å². The van der Waals surface area contributed by atoms with E-state index < -0.39 is 0 Å². The van der Waals surface area contributed by atoms with Gasteiger partial charge >= 0.3 is 0 Å². The van der Waals surface area contributed by atoms with E-state index in [4.69, 9.17) is 0 Å². The van der Waals surface area contributed by atoms with Gasteiger partial charge < -0.3 is 0 Å². The smallest absolute Gasteiger partial charge is 0.123 e. The van der Waals surface area contributed by atoms with Crippen LogP contribution in [0.5, 0.6) is 0 Å². The molecule has 0 aromatic heterocycles. The largest absolute Gasteiger partial charge is 0.207 e. The van der Waals surface area contributed by atoms with E-state index in [9.17, 15) is 4.39 Å². The number of unbranched alkanes of at least 4 members (excludes halogenated alkanes) is 8. The lowest BCUT2D eigenvalue weighted by atomic mass is 10.1. The molecule has 0 N–H and O–H groups in total. The van der Waals surface area contributed by atoms with E-state index in [1.807, 2.05) is 0 Å². The molecule has 0 bridgehead atoms. The maximum Gasteiger partial charge on any atom is 0.123 e. The van der Waals surface area contributed by atoms with Crippen LogP contribution < -0.4 is 0 Å². The van der Waals surface area contributed by atoms with Crippen LogP contribution in [0.25, 0.3) is 0 Å². The SMILES string of the molecule is CCCSCCCCCCCCCCC#Cc1ccc(F)cc1. The monoisotopic (exact) mass is 334 g/mol. The Kier molecular flexibility index (Phi) is 12.8. The first-order chi connectivity index (χ1) is 11.3. The topological polar surface area (TPSA) is 0 Å². The van der Waals surface area contributed by atoms with Crippen molar-refractivity contribution in [3.63, 3.8) is 0 Å². The molecular formula is C21H31FS. The van der Waals surface area contributed by atoms with Crippen LogP contribution in [0.15, 0.2) is 24.3 Å². The van der Waals surface area contributed by atoms with Gasteiger partial charge in [0.05, 0.1) is 0 Å². The van der Waals surface area contributed by atoms with Crippen LogP contribution in [0.2, 0.25) is 0 Å². The fraction of sp³-hybridized carbons (Fsp3) is 0.619. The van der Waals surface area contributed by atoms with E-state index >= 15 is 0 Å². The van der Waals surface area contributed by atoms with Crippen molar-refractivity contribution in [2.75, 3.05) is 11.5 Å². The normalized spacial score (nSPS) is 10.3. The van der Waals surface area contributed by atoms with Gasteiger partial charge in [-0.3, -0.25) is 0 Å². The van der Waals surface area contributed by atoms with Crippen LogP contribution >= 0.6 is 11.8 Å². The summed E-state index contributed by atoms with van der Waals surface area (Å²) in [5.41, 5.74) is 0.906. The molecule has 0 saturated heterocycles. The maximum atomic E-state index is 12.7. The van der Waals surface area contributed by atoms with Gasteiger partial charge in [-0.15, -0.1) is 0 Å². The van der Waals surface area contributed by atoms with Crippen molar-refractivity contribution in [2.45, 2.75) is 71.1 Å². The number of hydrogen-bond donors (Lipinski definition) is 0. The second-order valence-electron chi connectivity index (χ2n) is 6.00. The fourth-order valence-electron chi connectivity index (χ4n) is 2.42. The van der Waals surface area contributed by atoms with Gasteiger partial charge in [0, 0.05) is 12.0 Å². The average molecular weight is 335 g/mol. The molecule has 128 valence electrons. The van der Waals surface area contributed by atoms with Gasteiger partial charge in [-0.2, -0.15) is 11.8 Å². The first-order valence-corrected chi connectivity index (χ1v) is 10.3. The van der Waals surface area contributed by atoms with Crippen LogP contribution in [0.1, 0.15) is 76.7 Å². The quantitative estimate of drug-likeness (QED) is 0.298. The van der Waals surface area contributed by atoms with Crippen molar-refractivity contribution in [1.29, 1.82) is 0 Å². The first kappa shape index (κ1) is 20.1. The summed E-state index contributed by atoms with van der Waals surface area (Å²) in [6, 6.07) is 6.41. The third kappa shape index (κ3) is 12.2. The first-order valence-electron chi connectivity index (χ1n) is 9.15. The molecule has 0 nitrogen and oxygen atoms in total. The molecule has 0 heterocycles. The summed E-state index contributed by atoms with van der Waals surface area (Å²) >= 11 is 2.10. The zero-order valence-corrected chi connectivity index (χ0v) is 15.4. The van der Waals surface area contributed by atoms with Crippen LogP contribution in [0, 0.1) is 17.7 Å². The van der Waals surface area contributed by atoms with Gasteiger partial charge in [0.1, 0.15) is 5.82 Å². The number of thioether (sulfide) groups is 1. The lowest BCUT2D eigenvalue weighted by Gasteiger charge is -2.01. The summed E-state index contributed by atoms with van der Waals surface area (Å²) in [6.45, 7) is 2.25. The minimum atomic E-state index is -0.199. The Hall–Kier alpha value is -0.940. The highest BCUT2D eigenvalue weighted by molar-refractivity contribution is 7.99. The lowest BCUT2D eigenvalue weighted by Crippen LogP contribution is -1.84. The van der Waals surface area contributed by atoms with E-state index in [0.29, 0.717) is 0 Å². The summed E-state index contributed by atoms with van der Waals surface area (Å²) in [5, 5.41) is 0. The number of halogens is 1. The third-order valence-corrected chi connectivity index (χ3v) is 5.04. The van der Waals surface area contributed by atoms with Crippen LogP contribution in [0.3, 0.4) is 0 Å². The highest BCUT2D eigenvalue weighted by Gasteiger charge is 1.93. The van der Waals surface area contributed by atoms with Crippen molar-refractivity contribution in [2.24, 2.45) is 0 Å². The molecule has 0 aliphatic rings. The summed E-state index contributed by atoms with van der Waals surface area (Å²) < 4.78 is 12.7. The van der Waals surface area contributed by atoms with E-state index in [0.717, 1.165) is 12.0 Å². The zero-order valence-electron chi connectivity index (χ0n) is 14.6. The zero-order chi connectivity index (χ0) is 16.6. The van der Waals surface area contributed by atoms with E-state index in [-0.39, 0.29) is 5.82 Å². The molecule has 0 fully saturated rings. The molecule has 23 heavy (non-hydrogen) atoms. The van der Waals surface area contributed by atoms with Crippen molar-refractivity contribution < 1.29 is 4.39 Å². The molecule has 0 aliphatic carbocycles. The molecule has 1 aromatic carbocycles. The Morgan fingerprint density at radius 2 is 1.43 bits per heavy atom. The Labute approximate surface area is 146 Å². The Bertz CT molecular complexity index is 441. The minimum Gasteiger partial charge on any atom is -0.207 e. The number of rotatable bonds is 12. The molecule has 0 saturated carbocycles. The van der Waals surface area contributed by atoms with Crippen LogP contribution in [0.4, 0.5) is 4.39 Å². The molecule has 2 heteroatoms. The summed E-state index contributed by atoms with van der Waals surface area (Å²) in [5.74, 6) is 8.75. The molecule has 1 aromatic rings. The molecule has 1 rings (SSSR count). The summed E-state index contributed by atoms with van der Waals surface area (Å²) in [4.78, 5) is 0. The predicted molar refractivity (Wildman–Crippen MR) is 102 cm³/mol. The standard InChI is InChI=1S/C21H31FS/c1-2-18-23-19-12-10-8-6-4-3-5-7-9-11-13-20-14-16-21(22)17-15-20/h14-17H,2-10,12,18-19H2,1H3. The highest BCUT2D eigenvalue weighted by atomic mass is 32.2. The molecular weight excluding hydrogens is 303 g/mol. The van der Waals surface area contributed by atoms with Gasteiger partial charge in [-0.25, -0.2) is 4.39 Å². The fourth-order valence-corrected chi connectivity index (χ4v) is 3.32. The molecule has 0 radical (unpaired) electrons. The highest BCUT2D eigenvalue weighted by Crippen LogP contribution is 2.12.